The predicted octanol–water partition coefficient (Wildman–Crippen LogP) is 3.81. The van der Waals surface area contributed by atoms with Crippen LogP contribution in [0.5, 0.6) is 5.75 Å². The summed E-state index contributed by atoms with van der Waals surface area (Å²) in [5, 5.41) is 6.78. The van der Waals surface area contributed by atoms with E-state index in [0.717, 1.165) is 41.0 Å². The minimum Gasteiger partial charge on any atom is -0.497 e. The number of nitrogens with zero attached hydrogens (tertiary/aromatic N) is 1. The van der Waals surface area contributed by atoms with E-state index < -0.39 is 0 Å². The van der Waals surface area contributed by atoms with Gasteiger partial charge in [0.15, 0.2) is 6.61 Å². The molecule has 0 aliphatic carbocycles. The molecule has 0 atom stereocenters. The Balaban J connectivity index is 1.89. The third-order valence-corrected chi connectivity index (χ3v) is 3.85. The SMILES string of the molecule is CCc1cccc(CC)c1NC(=O)CO/N=C/c1ccc(OC)cc1. The first-order chi connectivity index (χ1) is 12.2. The molecule has 1 N–H and O–H groups in total. The van der Waals surface area contributed by atoms with E-state index in [0.29, 0.717) is 0 Å². The number of methoxy groups -OCH3 is 1. The van der Waals surface area contributed by atoms with Crippen molar-refractivity contribution < 1.29 is 14.4 Å². The molecule has 5 heteroatoms. The lowest BCUT2D eigenvalue weighted by Gasteiger charge is -2.13. The van der Waals surface area contributed by atoms with E-state index in [-0.39, 0.29) is 12.5 Å². The second kappa shape index (κ2) is 9.47. The molecule has 0 heterocycles. The Morgan fingerprint density at radius 1 is 1.08 bits per heavy atom. The van der Waals surface area contributed by atoms with Crippen molar-refractivity contribution in [3.05, 3.63) is 59.2 Å². The predicted molar refractivity (Wildman–Crippen MR) is 100 cm³/mol. The first-order valence-corrected chi connectivity index (χ1v) is 8.37. The minimum absolute atomic E-state index is 0.131. The van der Waals surface area contributed by atoms with E-state index in [2.05, 4.69) is 24.3 Å². The molecular weight excluding hydrogens is 316 g/mol. The first kappa shape index (κ1) is 18.5. The zero-order chi connectivity index (χ0) is 18.1. The van der Waals surface area contributed by atoms with E-state index >= 15 is 0 Å². The Hall–Kier alpha value is -2.82. The van der Waals surface area contributed by atoms with Gasteiger partial charge >= 0.3 is 0 Å². The van der Waals surface area contributed by atoms with Gasteiger partial charge in [-0.1, -0.05) is 37.2 Å². The Kier molecular flexibility index (Phi) is 7.01. The number of benzene rings is 2. The van der Waals surface area contributed by atoms with Gasteiger partial charge in [-0.2, -0.15) is 0 Å². The third kappa shape index (κ3) is 5.35. The van der Waals surface area contributed by atoms with Crippen molar-refractivity contribution in [1.82, 2.24) is 0 Å². The number of carbonyl (C=O) groups is 1. The number of para-hydroxylation sites is 1. The highest BCUT2D eigenvalue weighted by Crippen LogP contribution is 2.22. The Labute approximate surface area is 148 Å². The maximum Gasteiger partial charge on any atom is 0.265 e. The number of nitrogens with one attached hydrogen (secondary N) is 1. The molecule has 25 heavy (non-hydrogen) atoms. The molecule has 0 spiro atoms. The van der Waals surface area contributed by atoms with E-state index in [9.17, 15) is 4.79 Å². The molecule has 0 aliphatic heterocycles. The number of hydrogen-bond acceptors (Lipinski definition) is 4. The summed E-state index contributed by atoms with van der Waals surface area (Å²) < 4.78 is 5.09. The largest absolute Gasteiger partial charge is 0.497 e. The van der Waals surface area contributed by atoms with Gasteiger partial charge in [0.05, 0.1) is 13.3 Å². The van der Waals surface area contributed by atoms with Crippen LogP contribution < -0.4 is 10.1 Å². The molecule has 0 aromatic heterocycles. The van der Waals surface area contributed by atoms with Gasteiger partial charge in [-0.15, -0.1) is 0 Å². The molecule has 1 amide bonds. The number of rotatable bonds is 8. The van der Waals surface area contributed by atoms with E-state index in [4.69, 9.17) is 9.57 Å². The van der Waals surface area contributed by atoms with Crippen molar-refractivity contribution in [3.63, 3.8) is 0 Å². The van der Waals surface area contributed by atoms with Gasteiger partial charge in [0, 0.05) is 5.69 Å². The van der Waals surface area contributed by atoms with Crippen LogP contribution in [0, 0.1) is 0 Å². The molecule has 5 nitrogen and oxygen atoms in total. The van der Waals surface area contributed by atoms with Crippen molar-refractivity contribution in [1.29, 1.82) is 0 Å². The standard InChI is InChI=1S/C20H24N2O3/c1-4-16-7-6-8-17(5-2)20(16)22-19(23)14-25-21-13-15-9-11-18(24-3)12-10-15/h6-13H,4-5,14H2,1-3H3,(H,22,23)/b21-13+. The molecular formula is C20H24N2O3. The van der Waals surface area contributed by atoms with Gasteiger partial charge in [-0.25, -0.2) is 0 Å². The first-order valence-electron chi connectivity index (χ1n) is 8.37. The zero-order valence-electron chi connectivity index (χ0n) is 14.9. The highest BCUT2D eigenvalue weighted by atomic mass is 16.6. The summed E-state index contributed by atoms with van der Waals surface area (Å²) in [5.74, 6) is 0.557. The number of hydrogen-bond donors (Lipinski definition) is 1. The molecule has 2 rings (SSSR count). The number of anilines is 1. The molecule has 2 aromatic carbocycles. The summed E-state index contributed by atoms with van der Waals surface area (Å²) in [6, 6.07) is 13.5. The molecule has 0 unspecified atom stereocenters. The normalized spacial score (nSPS) is 10.7. The van der Waals surface area contributed by atoms with Crippen LogP contribution in [0.4, 0.5) is 5.69 Å². The molecule has 132 valence electrons. The Morgan fingerprint density at radius 2 is 1.72 bits per heavy atom. The van der Waals surface area contributed by atoms with E-state index in [1.54, 1.807) is 13.3 Å². The van der Waals surface area contributed by atoms with Crippen LogP contribution in [-0.2, 0) is 22.5 Å². The average Bonchev–Trinajstić information content (AvgIpc) is 2.65. The molecule has 0 fully saturated rings. The van der Waals surface area contributed by atoms with Crippen molar-refractivity contribution >= 4 is 17.8 Å². The molecule has 0 saturated carbocycles. The summed E-state index contributed by atoms with van der Waals surface area (Å²) in [6.07, 6.45) is 3.28. The lowest BCUT2D eigenvalue weighted by atomic mass is 10.0. The summed E-state index contributed by atoms with van der Waals surface area (Å²) in [6.45, 7) is 4.01. The van der Waals surface area contributed by atoms with Crippen molar-refractivity contribution in [2.24, 2.45) is 5.16 Å². The minimum atomic E-state index is -0.220. The fraction of sp³-hybridized carbons (Fsp3) is 0.300. The number of oxime groups is 1. The number of amides is 1. The smallest absolute Gasteiger partial charge is 0.265 e. The van der Waals surface area contributed by atoms with Gasteiger partial charge in [0.25, 0.3) is 5.91 Å². The van der Waals surface area contributed by atoms with Crippen LogP contribution in [0.25, 0.3) is 0 Å². The molecule has 0 radical (unpaired) electrons. The zero-order valence-corrected chi connectivity index (χ0v) is 14.9. The van der Waals surface area contributed by atoms with Crippen LogP contribution >= 0.6 is 0 Å². The maximum absolute atomic E-state index is 12.1. The lowest BCUT2D eigenvalue weighted by Crippen LogP contribution is -2.19. The van der Waals surface area contributed by atoms with Crippen LogP contribution in [0.15, 0.2) is 47.6 Å². The van der Waals surface area contributed by atoms with Gasteiger partial charge in [0.2, 0.25) is 0 Å². The van der Waals surface area contributed by atoms with Crippen LogP contribution in [0.3, 0.4) is 0 Å². The highest BCUT2D eigenvalue weighted by Gasteiger charge is 2.10. The Morgan fingerprint density at radius 3 is 2.28 bits per heavy atom. The van der Waals surface area contributed by atoms with Crippen molar-refractivity contribution in [2.45, 2.75) is 26.7 Å². The summed E-state index contributed by atoms with van der Waals surface area (Å²) in [7, 11) is 1.62. The van der Waals surface area contributed by atoms with Crippen molar-refractivity contribution in [3.8, 4) is 5.75 Å². The topological polar surface area (TPSA) is 59.9 Å². The number of carbonyl (C=O) groups excluding carboxylic acids is 1. The second-order valence-electron chi connectivity index (χ2n) is 5.49. The summed E-state index contributed by atoms with van der Waals surface area (Å²) >= 11 is 0. The molecule has 0 saturated heterocycles. The van der Waals surface area contributed by atoms with Gasteiger partial charge in [-0.3, -0.25) is 4.79 Å². The fourth-order valence-corrected chi connectivity index (χ4v) is 2.46. The molecule has 0 aliphatic rings. The van der Waals surface area contributed by atoms with Crippen molar-refractivity contribution in [2.75, 3.05) is 19.0 Å². The number of ether oxygens (including phenoxy) is 1. The third-order valence-electron chi connectivity index (χ3n) is 3.85. The van der Waals surface area contributed by atoms with Gasteiger partial charge in [0.1, 0.15) is 5.75 Å². The van der Waals surface area contributed by atoms with Crippen LogP contribution in [0.1, 0.15) is 30.5 Å². The van der Waals surface area contributed by atoms with Crippen LogP contribution in [0.2, 0.25) is 0 Å². The Bertz CT molecular complexity index is 702. The fourth-order valence-electron chi connectivity index (χ4n) is 2.46. The average molecular weight is 340 g/mol. The van der Waals surface area contributed by atoms with Gasteiger partial charge < -0.3 is 14.9 Å². The summed E-state index contributed by atoms with van der Waals surface area (Å²) in [5.41, 5.74) is 4.00. The van der Waals surface area contributed by atoms with Gasteiger partial charge in [-0.05, 0) is 53.8 Å². The van der Waals surface area contributed by atoms with E-state index in [1.165, 1.54) is 0 Å². The molecule has 0 bridgehead atoms. The number of aryl methyl sites for hydroxylation is 2. The van der Waals surface area contributed by atoms with E-state index in [1.807, 2.05) is 42.5 Å². The second-order valence-corrected chi connectivity index (χ2v) is 5.49. The highest BCUT2D eigenvalue weighted by molar-refractivity contribution is 5.93. The molecule has 2 aromatic rings. The lowest BCUT2D eigenvalue weighted by molar-refractivity contribution is -0.120. The quantitative estimate of drug-likeness (QED) is 0.587. The van der Waals surface area contributed by atoms with Crippen LogP contribution in [-0.4, -0.2) is 25.8 Å². The maximum atomic E-state index is 12.1. The monoisotopic (exact) mass is 340 g/mol. The summed E-state index contributed by atoms with van der Waals surface area (Å²) in [4.78, 5) is 17.2.